The van der Waals surface area contributed by atoms with Crippen LogP contribution in [0.1, 0.15) is 94.1 Å². The van der Waals surface area contributed by atoms with Crippen LogP contribution in [0.15, 0.2) is 42.5 Å². The first-order valence-corrected chi connectivity index (χ1v) is 17.0. The molecule has 7 heteroatoms. The number of aromatic nitrogens is 2. The van der Waals surface area contributed by atoms with Crippen LogP contribution in [-0.2, 0) is 0 Å². The molecule has 2 aromatic carbocycles. The van der Waals surface area contributed by atoms with Crippen LogP contribution < -0.4 is 5.32 Å². The summed E-state index contributed by atoms with van der Waals surface area (Å²) in [5.74, 6) is 4.56. The topological polar surface area (TPSA) is 46.9 Å². The fraction of sp³-hybridized carbons (Fsp3) is 0.543. The van der Waals surface area contributed by atoms with Gasteiger partial charge in [0.15, 0.2) is 5.69 Å². The maximum Gasteiger partial charge on any atom is 0.272 e. The maximum atomic E-state index is 13.3. The minimum atomic E-state index is -0.166. The summed E-state index contributed by atoms with van der Waals surface area (Å²) in [5.41, 5.74) is 3.55. The number of unbranched alkanes of at least 4 members (excludes halogenated alkanes) is 3. The summed E-state index contributed by atoms with van der Waals surface area (Å²) in [7, 11) is 0. The monoisotopic (exact) mass is 627 g/mol. The van der Waals surface area contributed by atoms with Gasteiger partial charge in [0.1, 0.15) is 0 Å². The van der Waals surface area contributed by atoms with Gasteiger partial charge in [-0.3, -0.25) is 4.79 Å². The second kappa shape index (κ2) is 14.2. The molecule has 0 saturated heterocycles. The second-order valence-corrected chi connectivity index (χ2v) is 14.1. The van der Waals surface area contributed by atoms with Crippen LogP contribution in [0.4, 0.5) is 0 Å². The molecule has 0 spiro atoms. The van der Waals surface area contributed by atoms with Gasteiger partial charge in [0.05, 0.1) is 16.4 Å². The Balaban J connectivity index is 1.17. The zero-order valence-corrected chi connectivity index (χ0v) is 27.4. The molecular weight excluding hydrogens is 585 g/mol. The highest BCUT2D eigenvalue weighted by molar-refractivity contribution is 6.35. The van der Waals surface area contributed by atoms with E-state index in [4.69, 9.17) is 39.9 Å². The molecule has 4 nitrogen and oxygen atoms in total. The van der Waals surface area contributed by atoms with Crippen molar-refractivity contribution in [1.82, 2.24) is 15.1 Å². The quantitative estimate of drug-likeness (QED) is 0.215. The maximum absolute atomic E-state index is 13.3. The number of rotatable bonds is 11. The summed E-state index contributed by atoms with van der Waals surface area (Å²) < 4.78 is 1.73. The first-order chi connectivity index (χ1) is 20.2. The summed E-state index contributed by atoms with van der Waals surface area (Å²) in [6.07, 6.45) is 13.2. The van der Waals surface area contributed by atoms with Gasteiger partial charge in [-0.15, -0.1) is 0 Å². The van der Waals surface area contributed by atoms with E-state index in [1.54, 1.807) is 16.8 Å². The smallest absolute Gasteiger partial charge is 0.272 e. The van der Waals surface area contributed by atoms with E-state index in [9.17, 15) is 4.79 Å². The van der Waals surface area contributed by atoms with Crippen molar-refractivity contribution < 1.29 is 4.79 Å². The van der Waals surface area contributed by atoms with Crippen molar-refractivity contribution in [2.75, 3.05) is 6.54 Å². The normalized spacial score (nSPS) is 23.6. The molecule has 3 aromatic rings. The molecule has 2 saturated carbocycles. The number of nitrogens with one attached hydrogen (secondary N) is 1. The van der Waals surface area contributed by atoms with Gasteiger partial charge < -0.3 is 5.32 Å². The Hall–Kier alpha value is -2.01. The molecule has 1 heterocycles. The molecule has 0 aliphatic heterocycles. The van der Waals surface area contributed by atoms with Gasteiger partial charge in [-0.25, -0.2) is 4.68 Å². The van der Waals surface area contributed by atoms with Gasteiger partial charge in [-0.05, 0) is 105 Å². The van der Waals surface area contributed by atoms with Gasteiger partial charge >= 0.3 is 0 Å². The highest BCUT2D eigenvalue weighted by Crippen LogP contribution is 2.50. The van der Waals surface area contributed by atoms with E-state index >= 15 is 0 Å². The van der Waals surface area contributed by atoms with E-state index in [2.05, 4.69) is 19.2 Å². The zero-order valence-electron chi connectivity index (χ0n) is 25.1. The highest BCUT2D eigenvalue weighted by atomic mass is 35.5. The molecule has 5 rings (SSSR count). The number of hydrogen-bond acceptors (Lipinski definition) is 2. The van der Waals surface area contributed by atoms with Crippen LogP contribution in [0.3, 0.4) is 0 Å². The molecule has 226 valence electrons. The number of amides is 1. The molecule has 2 aliphatic carbocycles. The average Bonchev–Trinajstić information content (AvgIpc) is 3.29. The Morgan fingerprint density at radius 1 is 0.952 bits per heavy atom. The lowest BCUT2D eigenvalue weighted by molar-refractivity contribution is 0.0312. The molecule has 1 N–H and O–H groups in total. The second-order valence-electron chi connectivity index (χ2n) is 12.8. The van der Waals surface area contributed by atoms with E-state index in [-0.39, 0.29) is 5.91 Å². The first kappa shape index (κ1) is 31.4. The molecule has 2 fully saturated rings. The largest absolute Gasteiger partial charge is 0.351 e. The third kappa shape index (κ3) is 7.20. The molecular formula is C35H44Cl3N3O. The average molecular weight is 629 g/mol. The van der Waals surface area contributed by atoms with Crippen LogP contribution in [0.5, 0.6) is 0 Å². The van der Waals surface area contributed by atoms with E-state index in [0.29, 0.717) is 33.0 Å². The highest BCUT2D eigenvalue weighted by Gasteiger charge is 2.40. The van der Waals surface area contributed by atoms with E-state index in [0.717, 1.165) is 59.3 Å². The van der Waals surface area contributed by atoms with Crippen LogP contribution in [0.25, 0.3) is 16.9 Å². The number of carbonyl (C=O) groups excluding carboxylic acids is 1. The summed E-state index contributed by atoms with van der Waals surface area (Å²) in [6.45, 7) is 7.44. The van der Waals surface area contributed by atoms with E-state index in [1.807, 2.05) is 37.3 Å². The van der Waals surface area contributed by atoms with Crippen molar-refractivity contribution >= 4 is 40.7 Å². The lowest BCUT2D eigenvalue weighted by atomic mass is 9.58. The zero-order chi connectivity index (χ0) is 29.8. The summed E-state index contributed by atoms with van der Waals surface area (Å²) in [4.78, 5) is 13.3. The molecule has 0 radical (unpaired) electrons. The molecule has 5 atom stereocenters. The molecule has 1 amide bonds. The standard InChI is InChI=1S/C35H44Cl3N3O/c1-4-25-19-24-17-22(2)18-27(20-24)30(25)9-7-5-6-8-16-39-35(42)33-23(3)34(26-10-12-28(36)13-11-26)41(40-33)32-15-14-29(37)21-31(32)38/h10-15,21-22,24-25,27,30H,4-9,16-20H2,1-3H3,(H,39,42). The predicted molar refractivity (Wildman–Crippen MR) is 176 cm³/mol. The minimum absolute atomic E-state index is 0.166. The SMILES string of the molecule is CCC1CC2CC(C)CC(C2)C1CCCCCCNC(=O)c1nn(-c2ccc(Cl)cc2Cl)c(-c2ccc(Cl)cc2)c1C. The Morgan fingerprint density at radius 3 is 2.43 bits per heavy atom. The van der Waals surface area contributed by atoms with Gasteiger partial charge in [0.2, 0.25) is 0 Å². The van der Waals surface area contributed by atoms with Crippen molar-refractivity contribution in [3.05, 3.63) is 68.8 Å². The van der Waals surface area contributed by atoms with Crippen LogP contribution >= 0.6 is 34.8 Å². The minimum Gasteiger partial charge on any atom is -0.351 e. The first-order valence-electron chi connectivity index (χ1n) is 15.8. The molecule has 2 bridgehead atoms. The van der Waals surface area contributed by atoms with Crippen molar-refractivity contribution in [2.45, 2.75) is 85.0 Å². The van der Waals surface area contributed by atoms with Crippen molar-refractivity contribution in [2.24, 2.45) is 29.6 Å². The number of carbonyl (C=O) groups is 1. The predicted octanol–water partition coefficient (Wildman–Crippen LogP) is 10.6. The third-order valence-electron chi connectivity index (χ3n) is 9.79. The Morgan fingerprint density at radius 2 is 1.69 bits per heavy atom. The van der Waals surface area contributed by atoms with Crippen molar-refractivity contribution in [1.29, 1.82) is 0 Å². The Labute approximate surface area is 266 Å². The third-order valence-corrected chi connectivity index (χ3v) is 10.6. The van der Waals surface area contributed by atoms with Crippen LogP contribution in [0, 0.1) is 36.5 Å². The molecule has 1 aromatic heterocycles. The number of fused-ring (bicyclic) bond motifs is 2. The summed E-state index contributed by atoms with van der Waals surface area (Å²) >= 11 is 18.9. The number of nitrogens with zero attached hydrogens (tertiary/aromatic N) is 2. The lowest BCUT2D eigenvalue weighted by Gasteiger charge is -2.47. The van der Waals surface area contributed by atoms with Gasteiger partial charge in [-0.2, -0.15) is 5.10 Å². The molecule has 2 aliphatic rings. The van der Waals surface area contributed by atoms with Crippen LogP contribution in [-0.4, -0.2) is 22.2 Å². The summed E-state index contributed by atoms with van der Waals surface area (Å²) in [6, 6.07) is 12.8. The lowest BCUT2D eigenvalue weighted by Crippen LogP contribution is -2.37. The van der Waals surface area contributed by atoms with E-state index in [1.165, 1.54) is 51.4 Å². The summed E-state index contributed by atoms with van der Waals surface area (Å²) in [5, 5.41) is 9.50. The Bertz CT molecular complexity index is 1370. The fourth-order valence-electron chi connectivity index (χ4n) is 7.90. The van der Waals surface area contributed by atoms with Crippen molar-refractivity contribution in [3.8, 4) is 16.9 Å². The number of hydrogen-bond donors (Lipinski definition) is 1. The van der Waals surface area contributed by atoms with E-state index < -0.39 is 0 Å². The number of halogens is 3. The van der Waals surface area contributed by atoms with Crippen molar-refractivity contribution in [3.63, 3.8) is 0 Å². The molecule has 5 unspecified atom stereocenters. The number of benzene rings is 2. The van der Waals surface area contributed by atoms with Gasteiger partial charge in [0.25, 0.3) is 5.91 Å². The molecule has 42 heavy (non-hydrogen) atoms. The van der Waals surface area contributed by atoms with Gasteiger partial charge in [0, 0.05) is 27.7 Å². The van der Waals surface area contributed by atoms with Gasteiger partial charge in [-0.1, -0.05) is 86.5 Å². The fourth-order valence-corrected chi connectivity index (χ4v) is 8.52. The van der Waals surface area contributed by atoms with Crippen LogP contribution in [0.2, 0.25) is 15.1 Å². The Kier molecular flexibility index (Phi) is 10.6.